The first-order valence-electron chi connectivity index (χ1n) is 7.23. The minimum absolute atomic E-state index is 0.188. The van der Waals surface area contributed by atoms with Gasteiger partial charge in [-0.1, -0.05) is 19.3 Å². The zero-order chi connectivity index (χ0) is 14.5. The Hall–Kier alpha value is -1.49. The maximum absolute atomic E-state index is 13.3. The smallest absolute Gasteiger partial charge is 0.272 e. The van der Waals surface area contributed by atoms with Crippen LogP contribution in [0.4, 0.5) is 10.1 Å². The van der Waals surface area contributed by atoms with E-state index >= 15 is 0 Å². The highest BCUT2D eigenvalue weighted by Crippen LogP contribution is 2.26. The normalized spacial score (nSPS) is 17.9. The van der Waals surface area contributed by atoms with E-state index in [4.69, 9.17) is 0 Å². The summed E-state index contributed by atoms with van der Waals surface area (Å²) in [4.78, 5) is 10.2. The highest BCUT2D eigenvalue weighted by Gasteiger charge is 2.19. The van der Waals surface area contributed by atoms with E-state index in [0.29, 0.717) is 24.1 Å². The van der Waals surface area contributed by atoms with Gasteiger partial charge >= 0.3 is 0 Å². The Bertz CT molecular complexity index is 473. The van der Waals surface area contributed by atoms with Crippen LogP contribution in [0.5, 0.6) is 0 Å². The van der Waals surface area contributed by atoms with Crippen molar-refractivity contribution in [3.63, 3.8) is 0 Å². The molecule has 1 fully saturated rings. The SMILES string of the molecule is C[C@H](NCc1cc(F)cc([N+](=O)[O-])c1)C1CCCCC1. The quantitative estimate of drug-likeness (QED) is 0.659. The summed E-state index contributed by atoms with van der Waals surface area (Å²) in [6.45, 7) is 2.61. The molecule has 0 saturated heterocycles. The minimum atomic E-state index is -0.558. The molecule has 1 saturated carbocycles. The zero-order valence-corrected chi connectivity index (χ0v) is 11.8. The number of hydrogen-bond acceptors (Lipinski definition) is 3. The Morgan fingerprint density at radius 2 is 2.05 bits per heavy atom. The predicted octanol–water partition coefficient (Wildman–Crippen LogP) is 3.79. The maximum atomic E-state index is 13.3. The fourth-order valence-corrected chi connectivity index (χ4v) is 2.92. The van der Waals surface area contributed by atoms with Crippen LogP contribution in [0.3, 0.4) is 0 Å². The molecule has 20 heavy (non-hydrogen) atoms. The third-order valence-corrected chi connectivity index (χ3v) is 4.14. The maximum Gasteiger partial charge on any atom is 0.272 e. The Labute approximate surface area is 118 Å². The van der Waals surface area contributed by atoms with Crippen molar-refractivity contribution in [2.75, 3.05) is 0 Å². The van der Waals surface area contributed by atoms with Crippen molar-refractivity contribution in [2.24, 2.45) is 5.92 Å². The zero-order valence-electron chi connectivity index (χ0n) is 11.8. The molecule has 0 aliphatic heterocycles. The van der Waals surface area contributed by atoms with Gasteiger partial charge in [0.05, 0.1) is 11.0 Å². The third kappa shape index (κ3) is 4.00. The molecule has 0 spiro atoms. The van der Waals surface area contributed by atoms with Gasteiger partial charge in [0.1, 0.15) is 5.82 Å². The van der Waals surface area contributed by atoms with Gasteiger partial charge in [-0.05, 0) is 37.3 Å². The predicted molar refractivity (Wildman–Crippen MR) is 75.9 cm³/mol. The van der Waals surface area contributed by atoms with Crippen molar-refractivity contribution < 1.29 is 9.31 Å². The van der Waals surface area contributed by atoms with Gasteiger partial charge in [0, 0.05) is 18.7 Å². The molecule has 0 radical (unpaired) electrons. The fraction of sp³-hybridized carbons (Fsp3) is 0.600. The Morgan fingerprint density at radius 3 is 2.70 bits per heavy atom. The summed E-state index contributed by atoms with van der Waals surface area (Å²) in [7, 11) is 0. The van der Waals surface area contributed by atoms with Crippen molar-refractivity contribution >= 4 is 5.69 Å². The second kappa shape index (κ2) is 6.79. The van der Waals surface area contributed by atoms with Crippen LogP contribution in [0.1, 0.15) is 44.6 Å². The highest BCUT2D eigenvalue weighted by atomic mass is 19.1. The standard InChI is InChI=1S/C15H21FN2O2/c1-11(13-5-3-2-4-6-13)17-10-12-7-14(16)9-15(8-12)18(19)20/h7-9,11,13,17H,2-6,10H2,1H3/t11-/m0/s1. The van der Waals surface area contributed by atoms with Crippen molar-refractivity contribution in [3.8, 4) is 0 Å². The second-order valence-electron chi connectivity index (χ2n) is 5.64. The average Bonchev–Trinajstić information content (AvgIpc) is 2.45. The summed E-state index contributed by atoms with van der Waals surface area (Å²) in [5, 5.41) is 14.1. The third-order valence-electron chi connectivity index (χ3n) is 4.14. The summed E-state index contributed by atoms with van der Waals surface area (Å²) in [5.74, 6) is 0.105. The highest BCUT2D eigenvalue weighted by molar-refractivity contribution is 5.35. The molecule has 1 aromatic carbocycles. The van der Waals surface area contributed by atoms with Crippen LogP contribution < -0.4 is 5.32 Å². The fourth-order valence-electron chi connectivity index (χ4n) is 2.92. The lowest BCUT2D eigenvalue weighted by atomic mass is 9.84. The molecular formula is C15H21FN2O2. The molecule has 0 bridgehead atoms. The molecule has 1 aliphatic carbocycles. The van der Waals surface area contributed by atoms with E-state index in [2.05, 4.69) is 12.2 Å². The number of halogens is 1. The molecule has 5 heteroatoms. The summed E-state index contributed by atoms with van der Waals surface area (Å²) in [6, 6.07) is 4.10. The topological polar surface area (TPSA) is 55.2 Å². The molecule has 1 aliphatic rings. The molecule has 110 valence electrons. The van der Waals surface area contributed by atoms with Crippen molar-refractivity contribution in [3.05, 3.63) is 39.7 Å². The summed E-state index contributed by atoms with van der Waals surface area (Å²) in [6.07, 6.45) is 6.35. The lowest BCUT2D eigenvalue weighted by Crippen LogP contribution is -2.34. The molecule has 4 nitrogen and oxygen atoms in total. The number of hydrogen-bond donors (Lipinski definition) is 1. The van der Waals surface area contributed by atoms with Crippen LogP contribution in [0.2, 0.25) is 0 Å². The van der Waals surface area contributed by atoms with Gasteiger partial charge in [-0.15, -0.1) is 0 Å². The van der Waals surface area contributed by atoms with E-state index in [-0.39, 0.29) is 5.69 Å². The van der Waals surface area contributed by atoms with Gasteiger partial charge in [-0.2, -0.15) is 0 Å². The molecule has 1 N–H and O–H groups in total. The summed E-state index contributed by atoms with van der Waals surface area (Å²) >= 11 is 0. The van der Waals surface area contributed by atoms with Crippen molar-refractivity contribution in [2.45, 2.75) is 51.6 Å². The number of non-ortho nitro benzene ring substituents is 1. The second-order valence-corrected chi connectivity index (χ2v) is 5.64. The Balaban J connectivity index is 1.94. The first-order valence-corrected chi connectivity index (χ1v) is 7.23. The monoisotopic (exact) mass is 280 g/mol. The van der Waals surface area contributed by atoms with E-state index in [0.717, 1.165) is 6.07 Å². The van der Waals surface area contributed by atoms with Gasteiger partial charge in [0.2, 0.25) is 0 Å². The molecule has 0 aromatic heterocycles. The molecule has 0 heterocycles. The average molecular weight is 280 g/mol. The van der Waals surface area contributed by atoms with E-state index in [9.17, 15) is 14.5 Å². The number of nitro benzene ring substituents is 1. The Kier molecular flexibility index (Phi) is 5.06. The molecule has 1 aromatic rings. The van der Waals surface area contributed by atoms with Crippen LogP contribution in [-0.4, -0.2) is 11.0 Å². The first kappa shape index (κ1) is 14.9. The number of benzene rings is 1. The number of nitrogens with one attached hydrogen (secondary N) is 1. The Morgan fingerprint density at radius 1 is 1.35 bits per heavy atom. The van der Waals surface area contributed by atoms with Gasteiger partial charge in [0.15, 0.2) is 0 Å². The summed E-state index contributed by atoms with van der Waals surface area (Å²) < 4.78 is 13.3. The van der Waals surface area contributed by atoms with Gasteiger partial charge < -0.3 is 5.32 Å². The number of nitrogens with zero attached hydrogens (tertiary/aromatic N) is 1. The number of nitro groups is 1. The van der Waals surface area contributed by atoms with Crippen LogP contribution in [-0.2, 0) is 6.54 Å². The van der Waals surface area contributed by atoms with E-state index < -0.39 is 10.7 Å². The first-order chi connectivity index (χ1) is 9.56. The van der Waals surface area contributed by atoms with Crippen LogP contribution in [0, 0.1) is 21.8 Å². The van der Waals surface area contributed by atoms with E-state index in [1.165, 1.54) is 44.2 Å². The van der Waals surface area contributed by atoms with Crippen molar-refractivity contribution in [1.29, 1.82) is 0 Å². The van der Waals surface area contributed by atoms with Crippen LogP contribution in [0.25, 0.3) is 0 Å². The van der Waals surface area contributed by atoms with Crippen LogP contribution >= 0.6 is 0 Å². The molecule has 0 unspecified atom stereocenters. The molecular weight excluding hydrogens is 259 g/mol. The van der Waals surface area contributed by atoms with Crippen LogP contribution in [0.15, 0.2) is 18.2 Å². The molecule has 1 atom stereocenters. The van der Waals surface area contributed by atoms with Crippen molar-refractivity contribution in [1.82, 2.24) is 5.32 Å². The van der Waals surface area contributed by atoms with Gasteiger partial charge in [-0.3, -0.25) is 10.1 Å². The van der Waals surface area contributed by atoms with Gasteiger partial charge in [0.25, 0.3) is 5.69 Å². The minimum Gasteiger partial charge on any atom is -0.310 e. The van der Waals surface area contributed by atoms with Gasteiger partial charge in [-0.25, -0.2) is 4.39 Å². The molecule has 2 rings (SSSR count). The summed E-state index contributed by atoms with van der Waals surface area (Å²) in [5.41, 5.74) is 0.437. The van der Waals surface area contributed by atoms with E-state index in [1.807, 2.05) is 0 Å². The number of rotatable bonds is 5. The largest absolute Gasteiger partial charge is 0.310 e. The lowest BCUT2D eigenvalue weighted by Gasteiger charge is -2.28. The lowest BCUT2D eigenvalue weighted by molar-refractivity contribution is -0.385. The molecule has 0 amide bonds. The van der Waals surface area contributed by atoms with E-state index in [1.54, 1.807) is 0 Å².